The van der Waals surface area contributed by atoms with E-state index in [1.807, 2.05) is 0 Å². The summed E-state index contributed by atoms with van der Waals surface area (Å²) in [7, 11) is -5.63. The second-order valence-electron chi connectivity index (χ2n) is 4.60. The molecule has 13 heteroatoms. The zero-order valence-corrected chi connectivity index (χ0v) is 12.2. The highest BCUT2D eigenvalue weighted by molar-refractivity contribution is 7.46. The number of phosphoric ester groups is 1. The summed E-state index contributed by atoms with van der Waals surface area (Å²) < 4.78 is 56.7. The van der Waals surface area contributed by atoms with Crippen molar-refractivity contribution < 1.29 is 42.3 Å². The Labute approximate surface area is 131 Å². The van der Waals surface area contributed by atoms with Crippen molar-refractivity contribution in [2.75, 3.05) is 6.56 Å². The Hall–Kier alpha value is -1.40. The van der Waals surface area contributed by atoms with Crippen LogP contribution in [0, 0.1) is 6.92 Å². The summed E-state index contributed by atoms with van der Waals surface area (Å²) in [6.45, 7) is -2.86. The van der Waals surface area contributed by atoms with Crippen molar-refractivity contribution in [2.24, 2.45) is 0 Å². The zero-order chi connectivity index (χ0) is 20.3. The predicted octanol–water partition coefficient (Wildman–Crippen LogP) is -2.13. The first-order valence-corrected chi connectivity index (χ1v) is 7.43. The molecule has 1 saturated heterocycles. The smallest absolute Gasteiger partial charge is 0.385 e. The van der Waals surface area contributed by atoms with Crippen LogP contribution < -0.4 is 11.2 Å². The van der Waals surface area contributed by atoms with Crippen molar-refractivity contribution in [3.05, 3.63) is 32.6 Å². The second-order valence-corrected chi connectivity index (χ2v) is 5.76. The number of hydrogen-bond donors (Lipinski definition) is 5. The van der Waals surface area contributed by atoms with Gasteiger partial charge in [-0.2, -0.15) is 0 Å². The summed E-state index contributed by atoms with van der Waals surface area (Å²) in [4.78, 5) is 42.3. The van der Waals surface area contributed by atoms with Gasteiger partial charge in [-0.15, -0.1) is 0 Å². The van der Waals surface area contributed by atoms with Crippen LogP contribution in [0.1, 0.15) is 15.9 Å². The lowest BCUT2D eigenvalue weighted by Gasteiger charge is -2.22. The molecule has 0 bridgehead atoms. The average molecular weight is 359 g/mol. The highest BCUT2D eigenvalue weighted by Gasteiger charge is 2.57. The topological polar surface area (TPSA) is 171 Å². The van der Waals surface area contributed by atoms with E-state index in [0.717, 1.165) is 0 Å². The van der Waals surface area contributed by atoms with E-state index in [0.29, 0.717) is 6.20 Å². The Bertz CT molecular complexity index is 887. The van der Waals surface area contributed by atoms with Crippen LogP contribution in [0.4, 0.5) is 4.39 Å². The van der Waals surface area contributed by atoms with E-state index in [2.05, 4.69) is 9.26 Å². The molecule has 0 amide bonds. The van der Waals surface area contributed by atoms with Crippen molar-refractivity contribution in [1.29, 1.82) is 0 Å². The van der Waals surface area contributed by atoms with E-state index in [9.17, 15) is 28.8 Å². The van der Waals surface area contributed by atoms with Crippen molar-refractivity contribution in [1.82, 2.24) is 9.55 Å². The number of hydrogen-bond acceptors (Lipinski definition) is 7. The normalized spacial score (nSPS) is 37.2. The van der Waals surface area contributed by atoms with E-state index >= 15 is 0 Å². The number of alkyl halides is 1. The number of nitrogens with zero attached hydrogens (tertiary/aromatic N) is 1. The molecular formula is C10H14FN2O9P. The average Bonchev–Trinajstić information content (AvgIpc) is 2.63. The lowest BCUT2D eigenvalue weighted by atomic mass is 10.1. The number of phosphoric acid groups is 1. The van der Waals surface area contributed by atoms with Gasteiger partial charge in [0.2, 0.25) is 0 Å². The number of aromatic amines is 1. The maximum atomic E-state index is 15.0. The minimum atomic E-state index is -5.63. The van der Waals surface area contributed by atoms with Crippen LogP contribution >= 0.6 is 7.82 Å². The lowest BCUT2D eigenvalue weighted by molar-refractivity contribution is -0.205. The molecule has 2 rings (SSSR count). The van der Waals surface area contributed by atoms with Gasteiger partial charge in [0.1, 0.15) is 18.8 Å². The van der Waals surface area contributed by atoms with Crippen molar-refractivity contribution in [2.45, 2.75) is 31.2 Å². The van der Waals surface area contributed by atoms with E-state index in [4.69, 9.17) is 13.9 Å². The van der Waals surface area contributed by atoms with Crippen molar-refractivity contribution in [3.63, 3.8) is 0 Å². The van der Waals surface area contributed by atoms with E-state index in [-0.39, 0.29) is 10.1 Å². The predicted molar refractivity (Wildman–Crippen MR) is 70.0 cm³/mol. The van der Waals surface area contributed by atoms with Crippen LogP contribution in [0.15, 0.2) is 15.8 Å². The van der Waals surface area contributed by atoms with Gasteiger partial charge in [0.05, 0.1) is 4.11 Å². The molecule has 4 atom stereocenters. The molecule has 0 unspecified atom stereocenters. The molecule has 0 radical (unpaired) electrons. The summed E-state index contributed by atoms with van der Waals surface area (Å²) in [5.74, 6) is -4.17. The Morgan fingerprint density at radius 2 is 2.22 bits per heavy atom. The number of H-pyrrole nitrogens is 1. The zero-order valence-electron chi connectivity index (χ0n) is 14.3. The molecule has 1 aromatic rings. The number of aromatic nitrogens is 2. The van der Waals surface area contributed by atoms with E-state index in [1.165, 1.54) is 6.92 Å². The molecular weight excluding hydrogens is 342 g/mol. The van der Waals surface area contributed by atoms with Gasteiger partial charge >= 0.3 is 13.5 Å². The first kappa shape index (κ1) is 14.0. The summed E-state index contributed by atoms with van der Waals surface area (Å²) in [6, 6.07) is 0. The molecule has 2 heterocycles. The van der Waals surface area contributed by atoms with Gasteiger partial charge in [-0.05, 0) is 6.92 Å². The van der Waals surface area contributed by atoms with Gasteiger partial charge < -0.3 is 24.7 Å². The van der Waals surface area contributed by atoms with Crippen LogP contribution in [0.25, 0.3) is 0 Å². The minimum absolute atomic E-state index is 0.173. The summed E-state index contributed by atoms with van der Waals surface area (Å²) >= 11 is 0. The lowest BCUT2D eigenvalue weighted by Crippen LogP contribution is -2.43. The van der Waals surface area contributed by atoms with E-state index in [1.54, 1.807) is 4.98 Å². The number of aliphatic hydroxyl groups excluding tert-OH is 2. The van der Waals surface area contributed by atoms with Crippen LogP contribution in [0.2, 0.25) is 0 Å². The Morgan fingerprint density at radius 1 is 1.61 bits per heavy atom. The molecule has 0 aromatic carbocycles. The summed E-state index contributed by atoms with van der Waals surface area (Å²) in [5, 5.41) is 19.8. The second kappa shape index (κ2) is 5.91. The molecule has 11 nitrogen and oxygen atoms in total. The standard InChI is InChI=1S/C10H14FN2O9P/c1-4-2-13(9(17)12-7(4)16)8-5(14)6(15)10(11,22-8)3-21-23(18,19)20/h2,5-6,8,14-15H,3H2,1H3,(H,12,16,17)(H2,18,19,20)/t5-,6+,8-,10-/m1/s1/i3D2,8D. The SMILES string of the molecule is [2H]C([2H])(OP(=O)(O)O)[C@@]1(F)O[C@@]([2H])(n2cc(C)c(=O)[nH]c2=O)[C@H](O)[C@@H]1O. The Kier molecular flexibility index (Phi) is 3.59. The number of ether oxygens (including phenoxy) is 1. The van der Waals surface area contributed by atoms with Crippen LogP contribution in [0.3, 0.4) is 0 Å². The fourth-order valence-corrected chi connectivity index (χ4v) is 1.98. The number of aliphatic hydroxyl groups is 2. The molecule has 130 valence electrons. The summed E-state index contributed by atoms with van der Waals surface area (Å²) in [6.07, 6.45) is -8.03. The third-order valence-electron chi connectivity index (χ3n) is 2.85. The molecule has 23 heavy (non-hydrogen) atoms. The number of nitrogens with one attached hydrogen (secondary N) is 1. The van der Waals surface area contributed by atoms with Crippen LogP contribution in [0.5, 0.6) is 0 Å². The molecule has 1 aliphatic heterocycles. The quantitative estimate of drug-likeness (QED) is 0.377. The van der Waals surface area contributed by atoms with Crippen LogP contribution in [-0.2, 0) is 13.8 Å². The molecule has 1 aromatic heterocycles. The third-order valence-corrected chi connectivity index (χ3v) is 3.18. The van der Waals surface area contributed by atoms with Gasteiger partial charge in [0, 0.05) is 11.8 Å². The van der Waals surface area contributed by atoms with Crippen LogP contribution in [-0.4, -0.2) is 54.2 Å². The van der Waals surface area contributed by atoms with Gasteiger partial charge in [0.25, 0.3) is 11.4 Å². The number of rotatable bonds is 4. The first-order chi connectivity index (χ1) is 11.5. The fourth-order valence-electron chi connectivity index (χ4n) is 1.74. The molecule has 1 aliphatic rings. The monoisotopic (exact) mass is 359 g/mol. The van der Waals surface area contributed by atoms with Gasteiger partial charge in [-0.1, -0.05) is 0 Å². The minimum Gasteiger partial charge on any atom is -0.385 e. The van der Waals surface area contributed by atoms with Crippen molar-refractivity contribution in [3.8, 4) is 0 Å². The molecule has 0 aliphatic carbocycles. The fraction of sp³-hybridized carbons (Fsp3) is 0.600. The first-order valence-electron chi connectivity index (χ1n) is 7.40. The van der Waals surface area contributed by atoms with Gasteiger partial charge in [-0.3, -0.25) is 18.9 Å². The molecule has 1 fully saturated rings. The highest BCUT2D eigenvalue weighted by Crippen LogP contribution is 2.43. The maximum absolute atomic E-state index is 15.0. The maximum Gasteiger partial charge on any atom is 0.469 e. The van der Waals surface area contributed by atoms with Crippen molar-refractivity contribution >= 4 is 7.82 Å². The number of halogens is 1. The summed E-state index contributed by atoms with van der Waals surface area (Å²) in [5.41, 5.74) is -2.40. The molecule has 0 saturated carbocycles. The third kappa shape index (κ3) is 3.58. The van der Waals surface area contributed by atoms with E-state index < -0.39 is 49.9 Å². The largest absolute Gasteiger partial charge is 0.469 e. The van der Waals surface area contributed by atoms with Gasteiger partial charge in [-0.25, -0.2) is 13.8 Å². The highest BCUT2D eigenvalue weighted by atomic mass is 31.2. The molecule has 5 N–H and O–H groups in total. The van der Waals surface area contributed by atoms with Gasteiger partial charge in [0.15, 0.2) is 6.20 Å². The Morgan fingerprint density at radius 3 is 2.78 bits per heavy atom. The Balaban J connectivity index is 2.59. The molecule has 0 spiro atoms. The number of aryl methyl sites for hydroxylation is 1.